The fourth-order valence-electron chi connectivity index (χ4n) is 0.822. The highest BCUT2D eigenvalue weighted by atomic mass is 32.1. The Balaban J connectivity index is 2.15. The second kappa shape index (κ2) is 4.93. The van der Waals surface area contributed by atoms with Gasteiger partial charge in [0.25, 0.3) is 0 Å². The Hall–Kier alpha value is -0.830. The number of thiophene rings is 1. The Morgan fingerprint density at radius 2 is 2.50 bits per heavy atom. The third kappa shape index (κ3) is 3.05. The molecule has 12 heavy (non-hydrogen) atoms. The van der Waals surface area contributed by atoms with Crippen LogP contribution in [-0.4, -0.2) is 12.6 Å². The van der Waals surface area contributed by atoms with Gasteiger partial charge in [-0.15, -0.1) is 11.3 Å². The lowest BCUT2D eigenvalue weighted by molar-refractivity contribution is -0.143. The van der Waals surface area contributed by atoms with E-state index in [1.807, 2.05) is 17.5 Å². The van der Waals surface area contributed by atoms with E-state index in [9.17, 15) is 4.79 Å². The quantitative estimate of drug-likeness (QED) is 0.671. The van der Waals surface area contributed by atoms with Crippen molar-refractivity contribution in [2.75, 3.05) is 6.61 Å². The van der Waals surface area contributed by atoms with Gasteiger partial charge in [0.05, 0.1) is 6.61 Å². The molecule has 0 saturated carbocycles. The van der Waals surface area contributed by atoms with E-state index in [2.05, 4.69) is 0 Å². The maximum atomic E-state index is 10.7. The van der Waals surface area contributed by atoms with Crippen LogP contribution >= 0.6 is 11.3 Å². The van der Waals surface area contributed by atoms with E-state index in [-0.39, 0.29) is 5.97 Å². The van der Waals surface area contributed by atoms with Crippen molar-refractivity contribution in [2.24, 2.45) is 0 Å². The van der Waals surface area contributed by atoms with Gasteiger partial charge in [-0.1, -0.05) is 13.0 Å². The van der Waals surface area contributed by atoms with E-state index >= 15 is 0 Å². The van der Waals surface area contributed by atoms with Gasteiger partial charge in [0.1, 0.15) is 0 Å². The van der Waals surface area contributed by atoms with Crippen LogP contribution in [0.1, 0.15) is 18.2 Å². The lowest BCUT2D eigenvalue weighted by atomic mass is 10.4. The Bertz CT molecular complexity index is 229. The predicted molar refractivity (Wildman–Crippen MR) is 49.3 cm³/mol. The van der Waals surface area contributed by atoms with Gasteiger partial charge >= 0.3 is 5.97 Å². The first-order chi connectivity index (χ1) is 5.83. The summed E-state index contributed by atoms with van der Waals surface area (Å²) in [5, 5.41) is 2.02. The molecule has 66 valence electrons. The Morgan fingerprint density at radius 3 is 3.08 bits per heavy atom. The molecule has 0 amide bonds. The first-order valence-corrected chi connectivity index (χ1v) is 4.89. The number of hydrogen-bond acceptors (Lipinski definition) is 3. The number of hydrogen-bond donors (Lipinski definition) is 0. The van der Waals surface area contributed by atoms with E-state index in [4.69, 9.17) is 4.74 Å². The van der Waals surface area contributed by atoms with Crippen molar-refractivity contribution in [1.29, 1.82) is 0 Å². The third-order valence-corrected chi connectivity index (χ3v) is 2.42. The van der Waals surface area contributed by atoms with Gasteiger partial charge < -0.3 is 4.74 Å². The maximum Gasteiger partial charge on any atom is 0.305 e. The summed E-state index contributed by atoms with van der Waals surface area (Å²) in [6, 6.07) is 4.05. The average Bonchev–Trinajstić information content (AvgIpc) is 2.57. The van der Waals surface area contributed by atoms with Gasteiger partial charge in [-0.05, 0) is 11.4 Å². The van der Waals surface area contributed by atoms with Gasteiger partial charge in [0.2, 0.25) is 0 Å². The molecule has 0 fully saturated rings. The summed E-state index contributed by atoms with van der Waals surface area (Å²) >= 11 is 1.69. The minimum absolute atomic E-state index is 0.119. The second-order valence-electron chi connectivity index (χ2n) is 2.40. The Labute approximate surface area is 76.2 Å². The monoisotopic (exact) mass is 184 g/mol. The molecular weight excluding hydrogens is 172 g/mol. The third-order valence-electron chi connectivity index (χ3n) is 1.48. The van der Waals surface area contributed by atoms with Crippen molar-refractivity contribution >= 4 is 17.3 Å². The maximum absolute atomic E-state index is 10.7. The summed E-state index contributed by atoms with van der Waals surface area (Å²) in [6.45, 7) is 2.31. The summed E-state index contributed by atoms with van der Waals surface area (Å²) in [5.41, 5.74) is 0. The van der Waals surface area contributed by atoms with Gasteiger partial charge in [-0.25, -0.2) is 0 Å². The van der Waals surface area contributed by atoms with Crippen molar-refractivity contribution in [3.05, 3.63) is 22.4 Å². The van der Waals surface area contributed by atoms with Crippen molar-refractivity contribution in [3.8, 4) is 0 Å². The molecular formula is C9H12O2S. The van der Waals surface area contributed by atoms with E-state index in [0.29, 0.717) is 13.0 Å². The largest absolute Gasteiger partial charge is 0.465 e. The molecule has 0 aromatic carbocycles. The standard InChI is InChI=1S/C9H12O2S/c1-2-9(10)11-6-5-8-4-3-7-12-8/h3-4,7H,2,5-6H2,1H3. The van der Waals surface area contributed by atoms with Gasteiger partial charge in [0.15, 0.2) is 0 Å². The highest BCUT2D eigenvalue weighted by Crippen LogP contribution is 2.08. The Kier molecular flexibility index (Phi) is 3.80. The van der Waals surface area contributed by atoms with E-state index in [1.165, 1.54) is 4.88 Å². The fraction of sp³-hybridized carbons (Fsp3) is 0.444. The molecule has 0 radical (unpaired) electrons. The minimum atomic E-state index is -0.119. The molecule has 1 rings (SSSR count). The molecule has 0 bridgehead atoms. The highest BCUT2D eigenvalue weighted by Gasteiger charge is 1.98. The molecule has 1 heterocycles. The van der Waals surface area contributed by atoms with Crippen molar-refractivity contribution in [2.45, 2.75) is 19.8 Å². The molecule has 3 heteroatoms. The molecule has 0 saturated heterocycles. The lowest BCUT2D eigenvalue weighted by Gasteiger charge is -2.00. The van der Waals surface area contributed by atoms with Crippen molar-refractivity contribution in [3.63, 3.8) is 0 Å². The molecule has 1 aromatic rings. The summed E-state index contributed by atoms with van der Waals surface area (Å²) in [5.74, 6) is -0.119. The molecule has 2 nitrogen and oxygen atoms in total. The summed E-state index contributed by atoms with van der Waals surface area (Å²) in [7, 11) is 0. The van der Waals surface area contributed by atoms with Crippen LogP contribution in [0.25, 0.3) is 0 Å². The summed E-state index contributed by atoms with van der Waals surface area (Å²) in [4.78, 5) is 12.0. The lowest BCUT2D eigenvalue weighted by Crippen LogP contribution is -2.05. The van der Waals surface area contributed by atoms with Crippen LogP contribution in [0.5, 0.6) is 0 Å². The Morgan fingerprint density at radius 1 is 1.67 bits per heavy atom. The molecule has 0 spiro atoms. The zero-order valence-corrected chi connectivity index (χ0v) is 7.89. The first kappa shape index (κ1) is 9.26. The second-order valence-corrected chi connectivity index (χ2v) is 3.44. The topological polar surface area (TPSA) is 26.3 Å². The van der Waals surface area contributed by atoms with Crippen LogP contribution in [0, 0.1) is 0 Å². The summed E-state index contributed by atoms with van der Waals surface area (Å²) in [6.07, 6.45) is 1.30. The zero-order valence-electron chi connectivity index (χ0n) is 7.08. The van der Waals surface area contributed by atoms with Crippen LogP contribution in [0.4, 0.5) is 0 Å². The van der Waals surface area contributed by atoms with Gasteiger partial charge in [0, 0.05) is 17.7 Å². The normalized spacial score (nSPS) is 9.75. The SMILES string of the molecule is CCC(=O)OCCc1cccs1. The number of rotatable bonds is 4. The van der Waals surface area contributed by atoms with Gasteiger partial charge in [-0.3, -0.25) is 4.79 Å². The first-order valence-electron chi connectivity index (χ1n) is 4.01. The number of ether oxygens (including phenoxy) is 1. The van der Waals surface area contributed by atoms with Crippen LogP contribution < -0.4 is 0 Å². The zero-order chi connectivity index (χ0) is 8.81. The van der Waals surface area contributed by atoms with Crippen LogP contribution in [-0.2, 0) is 16.0 Å². The molecule has 0 aliphatic heterocycles. The smallest absolute Gasteiger partial charge is 0.305 e. The molecule has 0 aliphatic rings. The fourth-order valence-corrected chi connectivity index (χ4v) is 1.51. The predicted octanol–water partition coefficient (Wildman–Crippen LogP) is 2.24. The summed E-state index contributed by atoms with van der Waals surface area (Å²) < 4.78 is 4.93. The number of carbonyl (C=O) groups is 1. The van der Waals surface area contributed by atoms with E-state index < -0.39 is 0 Å². The van der Waals surface area contributed by atoms with E-state index in [1.54, 1.807) is 18.3 Å². The van der Waals surface area contributed by atoms with Crippen LogP contribution in [0.3, 0.4) is 0 Å². The number of esters is 1. The molecule has 0 N–H and O–H groups in total. The average molecular weight is 184 g/mol. The molecule has 0 atom stereocenters. The van der Waals surface area contributed by atoms with Gasteiger partial charge in [-0.2, -0.15) is 0 Å². The molecule has 1 aromatic heterocycles. The highest BCUT2D eigenvalue weighted by molar-refractivity contribution is 7.09. The van der Waals surface area contributed by atoms with Crippen LogP contribution in [0.15, 0.2) is 17.5 Å². The molecule has 0 aliphatic carbocycles. The van der Waals surface area contributed by atoms with E-state index in [0.717, 1.165) is 6.42 Å². The van der Waals surface area contributed by atoms with Crippen molar-refractivity contribution < 1.29 is 9.53 Å². The van der Waals surface area contributed by atoms with Crippen molar-refractivity contribution in [1.82, 2.24) is 0 Å². The minimum Gasteiger partial charge on any atom is -0.465 e. The number of carbonyl (C=O) groups excluding carboxylic acids is 1. The molecule has 0 unspecified atom stereocenters. The van der Waals surface area contributed by atoms with Crippen LogP contribution in [0.2, 0.25) is 0 Å².